The molecule has 2 aromatic carbocycles. The van der Waals surface area contributed by atoms with Gasteiger partial charge in [0, 0.05) is 24.7 Å². The maximum Gasteiger partial charge on any atom is 0.410 e. The van der Waals surface area contributed by atoms with Crippen LogP contribution in [0.1, 0.15) is 44.7 Å². The van der Waals surface area contributed by atoms with Crippen LogP contribution >= 0.6 is 0 Å². The highest BCUT2D eigenvalue weighted by Crippen LogP contribution is 2.36. The number of para-hydroxylation sites is 1. The number of carbonyl (C=O) groups is 2. The van der Waals surface area contributed by atoms with Crippen molar-refractivity contribution in [1.29, 1.82) is 5.26 Å². The first kappa shape index (κ1) is 29.2. The Morgan fingerprint density at radius 2 is 1.85 bits per heavy atom. The van der Waals surface area contributed by atoms with Crippen LogP contribution in [0.4, 0.5) is 10.5 Å². The molecule has 1 unspecified atom stereocenters. The summed E-state index contributed by atoms with van der Waals surface area (Å²) >= 11 is 0. The van der Waals surface area contributed by atoms with Gasteiger partial charge in [-0.15, -0.1) is 0 Å². The van der Waals surface area contributed by atoms with E-state index in [1.807, 2.05) is 75.4 Å². The number of nitriles is 1. The Hall–Kier alpha value is -4.78. The topological polar surface area (TPSA) is 140 Å². The summed E-state index contributed by atoms with van der Waals surface area (Å²) in [6.07, 6.45) is 1.16. The molecule has 2 heterocycles. The molecule has 0 spiro atoms. The van der Waals surface area contributed by atoms with E-state index in [1.54, 1.807) is 11.0 Å². The molecule has 1 aliphatic rings. The van der Waals surface area contributed by atoms with Crippen molar-refractivity contribution in [3.05, 3.63) is 71.8 Å². The number of likely N-dealkylation sites (tertiary alicyclic amines) is 1. The zero-order valence-corrected chi connectivity index (χ0v) is 23.6. The molecular formula is C31H35N5O5. The molecule has 1 saturated heterocycles. The molecule has 3 N–H and O–H groups in total. The highest BCUT2D eigenvalue weighted by molar-refractivity contribution is 5.77. The van der Waals surface area contributed by atoms with Crippen molar-refractivity contribution >= 4 is 17.7 Å². The number of ether oxygens (including phenoxy) is 3. The Kier molecular flexibility index (Phi) is 9.30. The number of amides is 2. The van der Waals surface area contributed by atoms with Crippen LogP contribution in [-0.2, 0) is 16.1 Å². The monoisotopic (exact) mass is 557 g/mol. The number of anilines is 1. The second kappa shape index (κ2) is 13.0. The summed E-state index contributed by atoms with van der Waals surface area (Å²) in [7, 11) is 0. The van der Waals surface area contributed by atoms with Gasteiger partial charge in [-0.2, -0.15) is 5.26 Å². The van der Waals surface area contributed by atoms with E-state index < -0.39 is 18.1 Å². The molecule has 214 valence electrons. The summed E-state index contributed by atoms with van der Waals surface area (Å²) in [6, 6.07) is 21.0. The number of carbonyl (C=O) groups excluding carboxylic acids is 2. The minimum atomic E-state index is -0.692. The van der Waals surface area contributed by atoms with Gasteiger partial charge < -0.3 is 30.2 Å². The maximum atomic E-state index is 12.7. The van der Waals surface area contributed by atoms with Gasteiger partial charge in [-0.05, 0) is 57.4 Å². The van der Waals surface area contributed by atoms with Gasteiger partial charge in [0.05, 0.1) is 11.4 Å². The number of nitrogens with one attached hydrogen (secondary N) is 1. The van der Waals surface area contributed by atoms with Crippen LogP contribution in [0.5, 0.6) is 11.6 Å². The van der Waals surface area contributed by atoms with Gasteiger partial charge in [0.15, 0.2) is 6.61 Å². The molecule has 0 radical (unpaired) electrons. The van der Waals surface area contributed by atoms with Crippen molar-refractivity contribution in [3.63, 3.8) is 0 Å². The minimum absolute atomic E-state index is 0.0241. The van der Waals surface area contributed by atoms with Crippen molar-refractivity contribution in [2.45, 2.75) is 51.9 Å². The molecule has 0 saturated carbocycles. The molecule has 0 aliphatic carbocycles. The zero-order chi connectivity index (χ0) is 29.4. The third kappa shape index (κ3) is 8.11. The Morgan fingerprint density at radius 3 is 2.56 bits per heavy atom. The molecule has 10 nitrogen and oxygen atoms in total. The van der Waals surface area contributed by atoms with E-state index in [0.29, 0.717) is 42.4 Å². The lowest BCUT2D eigenvalue weighted by molar-refractivity contribution is -0.120. The Labute approximate surface area is 240 Å². The Morgan fingerprint density at radius 1 is 1.12 bits per heavy atom. The number of pyridine rings is 1. The first-order valence-corrected chi connectivity index (χ1v) is 13.5. The predicted molar refractivity (Wildman–Crippen MR) is 154 cm³/mol. The average Bonchev–Trinajstić information content (AvgIpc) is 2.94. The van der Waals surface area contributed by atoms with Crippen LogP contribution in [-0.4, -0.2) is 53.2 Å². The first-order chi connectivity index (χ1) is 19.6. The van der Waals surface area contributed by atoms with Crippen LogP contribution in [0.15, 0.2) is 60.7 Å². The number of nitrogens with zero attached hydrogens (tertiary/aromatic N) is 3. The molecule has 1 atom stereocenters. The van der Waals surface area contributed by atoms with E-state index >= 15 is 0 Å². The fourth-order valence-corrected chi connectivity index (χ4v) is 4.47. The molecule has 1 aliphatic heterocycles. The summed E-state index contributed by atoms with van der Waals surface area (Å²) in [5.74, 6) is -0.124. The molecule has 10 heteroatoms. The summed E-state index contributed by atoms with van der Waals surface area (Å²) < 4.78 is 17.3. The SMILES string of the molecule is CC(C)(C)OC(=O)N1CCCC(Nc2cc(-c3ccccc3OCc3ccccc3)nc(OCC(N)=O)c2C#N)C1. The number of primary amides is 1. The molecule has 1 fully saturated rings. The zero-order valence-electron chi connectivity index (χ0n) is 23.6. The third-order valence-corrected chi connectivity index (χ3v) is 6.28. The molecule has 0 bridgehead atoms. The van der Waals surface area contributed by atoms with Crippen LogP contribution < -0.4 is 20.5 Å². The van der Waals surface area contributed by atoms with Crippen molar-refractivity contribution in [1.82, 2.24) is 9.88 Å². The second-order valence-corrected chi connectivity index (χ2v) is 10.8. The van der Waals surface area contributed by atoms with Crippen LogP contribution in [0, 0.1) is 11.3 Å². The van der Waals surface area contributed by atoms with Crippen molar-refractivity contribution in [2.75, 3.05) is 25.0 Å². The number of nitrogens with two attached hydrogens (primary N) is 1. The van der Waals surface area contributed by atoms with E-state index in [9.17, 15) is 14.9 Å². The molecule has 2 amide bonds. The number of hydrogen-bond donors (Lipinski definition) is 2. The number of benzene rings is 2. The van der Waals surface area contributed by atoms with E-state index in [1.165, 1.54) is 0 Å². The second-order valence-electron chi connectivity index (χ2n) is 10.8. The lowest BCUT2D eigenvalue weighted by atomic mass is 10.0. The lowest BCUT2D eigenvalue weighted by Gasteiger charge is -2.35. The molecular weight excluding hydrogens is 522 g/mol. The fourth-order valence-electron chi connectivity index (χ4n) is 4.47. The average molecular weight is 558 g/mol. The first-order valence-electron chi connectivity index (χ1n) is 13.5. The van der Waals surface area contributed by atoms with Crippen molar-refractivity contribution in [2.24, 2.45) is 5.73 Å². The van der Waals surface area contributed by atoms with Gasteiger partial charge in [-0.3, -0.25) is 4.79 Å². The standard InChI is InChI=1S/C31H35N5O5/c1-31(2,3)41-30(38)36-15-9-12-22(18-36)34-26-16-25(35-29(24(26)17-32)40-20-28(33)37)23-13-7-8-14-27(23)39-19-21-10-5-4-6-11-21/h4-8,10-11,13-14,16,22H,9,12,15,18-20H2,1-3H3,(H2,33,37)(H,34,35). The molecule has 4 rings (SSSR count). The van der Waals surface area contributed by atoms with Gasteiger partial charge >= 0.3 is 6.09 Å². The third-order valence-electron chi connectivity index (χ3n) is 6.28. The number of hydrogen-bond acceptors (Lipinski definition) is 8. The number of rotatable bonds is 9. The van der Waals surface area contributed by atoms with E-state index in [4.69, 9.17) is 19.9 Å². The van der Waals surface area contributed by atoms with E-state index in [-0.39, 0.29) is 23.6 Å². The largest absolute Gasteiger partial charge is 0.488 e. The van der Waals surface area contributed by atoms with Gasteiger partial charge in [-0.25, -0.2) is 9.78 Å². The van der Waals surface area contributed by atoms with Gasteiger partial charge in [0.25, 0.3) is 5.91 Å². The molecule has 41 heavy (non-hydrogen) atoms. The van der Waals surface area contributed by atoms with E-state index in [2.05, 4.69) is 16.4 Å². The van der Waals surface area contributed by atoms with Gasteiger partial charge in [0.1, 0.15) is 29.6 Å². The number of aromatic nitrogens is 1. The Bertz CT molecular complexity index is 1410. The van der Waals surface area contributed by atoms with Crippen molar-refractivity contribution < 1.29 is 23.8 Å². The smallest absolute Gasteiger partial charge is 0.410 e. The molecule has 3 aromatic rings. The lowest BCUT2D eigenvalue weighted by Crippen LogP contribution is -2.47. The summed E-state index contributed by atoms with van der Waals surface area (Å²) in [4.78, 5) is 30.5. The van der Waals surface area contributed by atoms with Gasteiger partial charge in [0.2, 0.25) is 5.88 Å². The number of piperidine rings is 1. The summed E-state index contributed by atoms with van der Waals surface area (Å²) in [5, 5.41) is 13.5. The van der Waals surface area contributed by atoms with E-state index in [0.717, 1.165) is 18.4 Å². The fraction of sp³-hybridized carbons (Fsp3) is 0.355. The quantitative estimate of drug-likeness (QED) is 0.380. The molecule has 1 aromatic heterocycles. The van der Waals surface area contributed by atoms with Crippen LogP contribution in [0.2, 0.25) is 0 Å². The highest BCUT2D eigenvalue weighted by Gasteiger charge is 2.29. The Balaban J connectivity index is 1.65. The predicted octanol–water partition coefficient (Wildman–Crippen LogP) is 4.87. The van der Waals surface area contributed by atoms with Crippen molar-refractivity contribution in [3.8, 4) is 29.0 Å². The van der Waals surface area contributed by atoms with Gasteiger partial charge in [-0.1, -0.05) is 42.5 Å². The minimum Gasteiger partial charge on any atom is -0.488 e. The normalized spacial score (nSPS) is 15.0. The highest BCUT2D eigenvalue weighted by atomic mass is 16.6. The van der Waals surface area contributed by atoms with Crippen LogP contribution in [0.3, 0.4) is 0 Å². The summed E-state index contributed by atoms with van der Waals surface area (Å²) in [5.41, 5.74) is 7.48. The maximum absolute atomic E-state index is 12.7. The van der Waals surface area contributed by atoms with Crippen LogP contribution in [0.25, 0.3) is 11.3 Å². The summed E-state index contributed by atoms with van der Waals surface area (Å²) in [6.45, 7) is 6.38.